The molecule has 0 amide bonds. The molecule has 3 rings (SSSR count). The van der Waals surface area contributed by atoms with Gasteiger partial charge in [0.05, 0.1) is 11.1 Å². The van der Waals surface area contributed by atoms with Crippen LogP contribution in [-0.2, 0) is 7.05 Å². The average Bonchev–Trinajstić information content (AvgIpc) is 2.84. The van der Waals surface area contributed by atoms with Crippen LogP contribution in [0.2, 0.25) is 0 Å². The van der Waals surface area contributed by atoms with Gasteiger partial charge < -0.3 is 5.73 Å². The number of nitrogens with zero attached hydrogens (tertiary/aromatic N) is 6. The van der Waals surface area contributed by atoms with Gasteiger partial charge in [0.25, 0.3) is 5.95 Å². The SMILES string of the molecule is Cc1c2c(N)ccnc2nn1-c1ncn(C)n1. The van der Waals surface area contributed by atoms with Crippen LogP contribution in [0.15, 0.2) is 18.6 Å². The van der Waals surface area contributed by atoms with Crippen LogP contribution >= 0.6 is 0 Å². The zero-order valence-corrected chi connectivity index (χ0v) is 9.49. The molecule has 0 aliphatic heterocycles. The summed E-state index contributed by atoms with van der Waals surface area (Å²) in [6.45, 7) is 1.92. The summed E-state index contributed by atoms with van der Waals surface area (Å²) in [6.07, 6.45) is 3.26. The number of nitrogen functional groups attached to an aromatic ring is 1. The van der Waals surface area contributed by atoms with Gasteiger partial charge in [-0.1, -0.05) is 0 Å². The highest BCUT2D eigenvalue weighted by Gasteiger charge is 2.14. The molecule has 3 heterocycles. The maximum Gasteiger partial charge on any atom is 0.269 e. The number of pyridine rings is 1. The Morgan fingerprint density at radius 3 is 2.71 bits per heavy atom. The van der Waals surface area contributed by atoms with E-state index in [4.69, 9.17) is 5.73 Å². The summed E-state index contributed by atoms with van der Waals surface area (Å²) in [5.41, 5.74) is 8.07. The third-order valence-electron chi connectivity index (χ3n) is 2.61. The van der Waals surface area contributed by atoms with Crippen molar-refractivity contribution in [1.29, 1.82) is 0 Å². The molecule has 0 saturated heterocycles. The van der Waals surface area contributed by atoms with E-state index >= 15 is 0 Å². The van der Waals surface area contributed by atoms with Gasteiger partial charge in [-0.15, -0.1) is 10.2 Å². The maximum absolute atomic E-state index is 5.91. The fourth-order valence-electron chi connectivity index (χ4n) is 1.81. The Labute approximate surface area is 96.9 Å². The van der Waals surface area contributed by atoms with E-state index in [1.165, 1.54) is 0 Å². The molecule has 0 bridgehead atoms. The molecular weight excluding hydrogens is 218 g/mol. The first-order chi connectivity index (χ1) is 8.16. The van der Waals surface area contributed by atoms with Crippen molar-refractivity contribution in [3.63, 3.8) is 0 Å². The van der Waals surface area contributed by atoms with Crippen molar-refractivity contribution in [2.45, 2.75) is 6.92 Å². The monoisotopic (exact) mass is 229 g/mol. The van der Waals surface area contributed by atoms with Gasteiger partial charge in [-0.05, 0) is 13.0 Å². The van der Waals surface area contributed by atoms with Crippen LogP contribution in [0.25, 0.3) is 17.0 Å². The van der Waals surface area contributed by atoms with Crippen molar-refractivity contribution in [3.05, 3.63) is 24.3 Å². The Morgan fingerprint density at radius 1 is 1.24 bits per heavy atom. The first-order valence-electron chi connectivity index (χ1n) is 5.12. The number of anilines is 1. The van der Waals surface area contributed by atoms with Crippen LogP contribution in [-0.4, -0.2) is 29.5 Å². The predicted octanol–water partition coefficient (Wildman–Crippen LogP) is 0.440. The summed E-state index contributed by atoms with van der Waals surface area (Å²) >= 11 is 0. The number of nitrogens with two attached hydrogens (primary N) is 1. The number of rotatable bonds is 1. The molecule has 2 N–H and O–H groups in total. The first-order valence-corrected chi connectivity index (χ1v) is 5.12. The van der Waals surface area contributed by atoms with Gasteiger partial charge >= 0.3 is 0 Å². The van der Waals surface area contributed by atoms with Gasteiger partial charge in [0.2, 0.25) is 0 Å². The van der Waals surface area contributed by atoms with Crippen molar-refractivity contribution in [2.24, 2.45) is 7.05 Å². The van der Waals surface area contributed by atoms with Crippen molar-refractivity contribution >= 4 is 16.7 Å². The Balaban J connectivity index is 2.32. The van der Waals surface area contributed by atoms with Gasteiger partial charge in [0.15, 0.2) is 5.65 Å². The number of fused-ring (bicyclic) bond motifs is 1. The standard InChI is InChI=1S/C10H11N7/c1-6-8-7(11)3-4-12-9(8)14-17(6)10-13-5-16(2)15-10/h3-5H,11H2,1-2H3. The van der Waals surface area contributed by atoms with Crippen LogP contribution in [0.5, 0.6) is 0 Å². The molecule has 0 unspecified atom stereocenters. The summed E-state index contributed by atoms with van der Waals surface area (Å²) in [4.78, 5) is 8.34. The zero-order chi connectivity index (χ0) is 12.0. The van der Waals surface area contributed by atoms with Crippen molar-refractivity contribution in [1.82, 2.24) is 29.5 Å². The molecule has 7 heteroatoms. The maximum atomic E-state index is 5.91. The second-order valence-corrected chi connectivity index (χ2v) is 3.81. The zero-order valence-electron chi connectivity index (χ0n) is 9.49. The molecule has 17 heavy (non-hydrogen) atoms. The molecule has 3 aromatic heterocycles. The Bertz CT molecular complexity index is 694. The Hall–Kier alpha value is -2.44. The second kappa shape index (κ2) is 3.27. The third kappa shape index (κ3) is 1.36. The summed E-state index contributed by atoms with van der Waals surface area (Å²) in [7, 11) is 1.81. The molecule has 0 atom stereocenters. The van der Waals surface area contributed by atoms with Gasteiger partial charge in [-0.2, -0.15) is 9.67 Å². The Morgan fingerprint density at radius 2 is 2.06 bits per heavy atom. The second-order valence-electron chi connectivity index (χ2n) is 3.81. The Kier molecular flexibility index (Phi) is 1.88. The molecular formula is C10H11N7. The lowest BCUT2D eigenvalue weighted by molar-refractivity contribution is 0.725. The summed E-state index contributed by atoms with van der Waals surface area (Å²) in [5, 5.41) is 9.40. The van der Waals surface area contributed by atoms with Crippen molar-refractivity contribution in [2.75, 3.05) is 5.73 Å². The smallest absolute Gasteiger partial charge is 0.269 e. The minimum absolute atomic E-state index is 0.516. The summed E-state index contributed by atoms with van der Waals surface area (Å²) in [5.74, 6) is 0.516. The van der Waals surface area contributed by atoms with E-state index in [1.807, 2.05) is 14.0 Å². The molecule has 0 spiro atoms. The lowest BCUT2D eigenvalue weighted by Crippen LogP contribution is -2.02. The van der Waals surface area contributed by atoms with E-state index in [0.717, 1.165) is 11.1 Å². The van der Waals surface area contributed by atoms with Crippen LogP contribution in [0.3, 0.4) is 0 Å². The molecule has 0 aliphatic carbocycles. The molecule has 0 aromatic carbocycles. The molecule has 0 saturated carbocycles. The normalized spacial score (nSPS) is 11.2. The third-order valence-corrected chi connectivity index (χ3v) is 2.61. The molecule has 0 aliphatic rings. The van der Waals surface area contributed by atoms with E-state index in [0.29, 0.717) is 17.3 Å². The number of aromatic nitrogens is 6. The van der Waals surface area contributed by atoms with Crippen LogP contribution < -0.4 is 5.73 Å². The van der Waals surface area contributed by atoms with Crippen molar-refractivity contribution < 1.29 is 0 Å². The highest BCUT2D eigenvalue weighted by Crippen LogP contribution is 2.23. The minimum atomic E-state index is 0.516. The first kappa shape index (κ1) is 9.76. The summed E-state index contributed by atoms with van der Waals surface area (Å²) < 4.78 is 3.27. The van der Waals surface area contributed by atoms with E-state index in [9.17, 15) is 0 Å². The highest BCUT2D eigenvalue weighted by atomic mass is 15.4. The predicted molar refractivity (Wildman–Crippen MR) is 62.6 cm³/mol. The van der Waals surface area contributed by atoms with Gasteiger partial charge in [-0.3, -0.25) is 4.68 Å². The lowest BCUT2D eigenvalue weighted by Gasteiger charge is -1.97. The number of aryl methyl sites for hydroxylation is 2. The molecule has 3 aromatic rings. The van der Waals surface area contributed by atoms with E-state index in [1.54, 1.807) is 28.0 Å². The average molecular weight is 229 g/mol. The lowest BCUT2D eigenvalue weighted by atomic mass is 10.2. The topological polar surface area (TPSA) is 87.4 Å². The molecule has 86 valence electrons. The summed E-state index contributed by atoms with van der Waals surface area (Å²) in [6, 6.07) is 1.76. The molecule has 0 fully saturated rings. The van der Waals surface area contributed by atoms with Crippen LogP contribution in [0.1, 0.15) is 5.69 Å². The van der Waals surface area contributed by atoms with Crippen LogP contribution in [0, 0.1) is 6.92 Å². The van der Waals surface area contributed by atoms with E-state index in [-0.39, 0.29) is 0 Å². The number of hydrogen-bond acceptors (Lipinski definition) is 5. The largest absolute Gasteiger partial charge is 0.398 e. The van der Waals surface area contributed by atoms with Crippen LogP contribution in [0.4, 0.5) is 5.69 Å². The highest BCUT2D eigenvalue weighted by molar-refractivity contribution is 5.90. The van der Waals surface area contributed by atoms with E-state index in [2.05, 4.69) is 20.2 Å². The number of hydrogen-bond donors (Lipinski definition) is 1. The molecule has 0 radical (unpaired) electrons. The quantitative estimate of drug-likeness (QED) is 0.654. The fourth-order valence-corrected chi connectivity index (χ4v) is 1.81. The fraction of sp³-hybridized carbons (Fsp3) is 0.200. The minimum Gasteiger partial charge on any atom is -0.398 e. The van der Waals surface area contributed by atoms with Gasteiger partial charge in [-0.25, -0.2) is 4.98 Å². The van der Waals surface area contributed by atoms with Crippen molar-refractivity contribution in [3.8, 4) is 5.95 Å². The van der Waals surface area contributed by atoms with Gasteiger partial charge in [0.1, 0.15) is 6.33 Å². The van der Waals surface area contributed by atoms with E-state index < -0.39 is 0 Å². The molecule has 7 nitrogen and oxygen atoms in total. The van der Waals surface area contributed by atoms with Gasteiger partial charge in [0, 0.05) is 18.9 Å².